The van der Waals surface area contributed by atoms with Crippen molar-refractivity contribution in [2.45, 2.75) is 20.3 Å². The lowest BCUT2D eigenvalue weighted by Crippen LogP contribution is -2.16. The van der Waals surface area contributed by atoms with Crippen LogP contribution < -0.4 is 5.32 Å². The number of imidazole rings is 1. The molecule has 0 bridgehead atoms. The topological polar surface area (TPSA) is 46.4 Å². The fourth-order valence-electron chi connectivity index (χ4n) is 2.46. The molecule has 6 heteroatoms. The molecule has 4 nitrogen and oxygen atoms in total. The number of aromatic nitrogens is 2. The second kappa shape index (κ2) is 6.22. The van der Waals surface area contributed by atoms with Gasteiger partial charge in [-0.25, -0.2) is 4.98 Å². The molecule has 118 valence electrons. The smallest absolute Gasteiger partial charge is 0.274 e. The highest BCUT2D eigenvalue weighted by atomic mass is 35.5. The van der Waals surface area contributed by atoms with Crippen molar-refractivity contribution < 1.29 is 4.79 Å². The average molecular weight is 348 g/mol. The summed E-state index contributed by atoms with van der Waals surface area (Å²) in [6.07, 6.45) is 2.57. The highest BCUT2D eigenvalue weighted by Gasteiger charge is 2.19. The number of hydrogen-bond donors (Lipinski definition) is 1. The molecule has 0 fully saturated rings. The molecule has 1 aromatic carbocycles. The van der Waals surface area contributed by atoms with Crippen molar-refractivity contribution in [2.75, 3.05) is 5.32 Å². The quantitative estimate of drug-likeness (QED) is 0.741. The summed E-state index contributed by atoms with van der Waals surface area (Å²) in [5.41, 5.74) is 3.59. The number of nitrogens with zero attached hydrogens (tertiary/aromatic N) is 2. The van der Waals surface area contributed by atoms with Gasteiger partial charge in [0.15, 0.2) is 0 Å². The Bertz CT molecular complexity index is 902. The predicted octanol–water partition coefficient (Wildman–Crippen LogP) is 4.76. The summed E-state index contributed by atoms with van der Waals surface area (Å²) < 4.78 is 1.81. The van der Waals surface area contributed by atoms with Crippen molar-refractivity contribution in [3.63, 3.8) is 0 Å². The van der Waals surface area contributed by atoms with E-state index in [0.29, 0.717) is 27.8 Å². The van der Waals surface area contributed by atoms with E-state index in [-0.39, 0.29) is 5.91 Å². The Labute approximate surface area is 144 Å². The molecule has 23 heavy (non-hydrogen) atoms. The zero-order valence-corrected chi connectivity index (χ0v) is 14.2. The van der Waals surface area contributed by atoms with Crippen LogP contribution in [-0.2, 0) is 6.42 Å². The van der Waals surface area contributed by atoms with Crippen molar-refractivity contribution in [2.24, 2.45) is 0 Å². The van der Waals surface area contributed by atoms with Crippen molar-refractivity contribution >= 4 is 40.4 Å². The minimum Gasteiger partial charge on any atom is -0.319 e. The van der Waals surface area contributed by atoms with Gasteiger partial charge in [-0.3, -0.25) is 9.20 Å². The van der Waals surface area contributed by atoms with E-state index in [1.807, 2.05) is 36.6 Å². The summed E-state index contributed by atoms with van der Waals surface area (Å²) in [5.74, 6) is -0.246. The number of carbonyl (C=O) groups excluding carboxylic acids is 1. The average Bonchev–Trinajstić information content (AvgIpc) is 2.87. The molecule has 0 aliphatic rings. The van der Waals surface area contributed by atoms with E-state index >= 15 is 0 Å². The van der Waals surface area contributed by atoms with E-state index in [2.05, 4.69) is 10.3 Å². The van der Waals surface area contributed by atoms with Gasteiger partial charge >= 0.3 is 0 Å². The third-order valence-electron chi connectivity index (χ3n) is 3.57. The third kappa shape index (κ3) is 3.05. The molecule has 0 aliphatic carbocycles. The van der Waals surface area contributed by atoms with Crippen LogP contribution in [0.4, 0.5) is 5.69 Å². The van der Waals surface area contributed by atoms with Gasteiger partial charge in [0.25, 0.3) is 5.91 Å². The van der Waals surface area contributed by atoms with E-state index in [1.54, 1.807) is 18.2 Å². The Kier molecular flexibility index (Phi) is 4.28. The van der Waals surface area contributed by atoms with E-state index in [1.165, 1.54) is 0 Å². The summed E-state index contributed by atoms with van der Waals surface area (Å²) in [6.45, 7) is 3.95. The number of fused-ring (bicyclic) bond motifs is 1. The number of pyridine rings is 1. The van der Waals surface area contributed by atoms with Crippen LogP contribution in [0, 0.1) is 6.92 Å². The highest BCUT2D eigenvalue weighted by Crippen LogP contribution is 2.26. The fraction of sp³-hybridized carbons (Fsp3) is 0.176. The molecule has 2 aromatic heterocycles. The molecular weight excluding hydrogens is 333 g/mol. The molecule has 0 spiro atoms. The van der Waals surface area contributed by atoms with Crippen molar-refractivity contribution in [1.82, 2.24) is 9.38 Å². The first-order chi connectivity index (χ1) is 11.0. The van der Waals surface area contributed by atoms with Crippen LogP contribution in [0.15, 0.2) is 36.5 Å². The van der Waals surface area contributed by atoms with Gasteiger partial charge < -0.3 is 5.32 Å². The summed E-state index contributed by atoms with van der Waals surface area (Å²) in [6, 6.07) is 8.84. The summed E-state index contributed by atoms with van der Waals surface area (Å²) in [4.78, 5) is 17.3. The minimum absolute atomic E-state index is 0.246. The van der Waals surface area contributed by atoms with Crippen molar-refractivity contribution in [3.8, 4) is 0 Å². The van der Waals surface area contributed by atoms with E-state index in [0.717, 1.165) is 16.9 Å². The molecule has 0 radical (unpaired) electrons. The maximum absolute atomic E-state index is 12.8. The van der Waals surface area contributed by atoms with Gasteiger partial charge in [-0.1, -0.05) is 36.2 Å². The Balaban J connectivity index is 2.04. The summed E-state index contributed by atoms with van der Waals surface area (Å²) in [5, 5.41) is 3.75. The van der Waals surface area contributed by atoms with Crippen LogP contribution in [0.3, 0.4) is 0 Å². The Morgan fingerprint density at radius 1 is 1.26 bits per heavy atom. The Morgan fingerprint density at radius 3 is 2.74 bits per heavy atom. The van der Waals surface area contributed by atoms with Gasteiger partial charge in [-0.2, -0.15) is 0 Å². The standard InChI is InChI=1S/C17H15Cl2N3O/c1-3-13-16(22-9-10(2)4-7-15(22)20-13)17(23)21-14-6-5-11(18)8-12(14)19/h4-9H,3H2,1-2H3,(H,21,23). The van der Waals surface area contributed by atoms with Gasteiger partial charge in [-0.15, -0.1) is 0 Å². The first-order valence-electron chi connectivity index (χ1n) is 7.23. The molecule has 1 amide bonds. The minimum atomic E-state index is -0.246. The number of hydrogen-bond acceptors (Lipinski definition) is 2. The highest BCUT2D eigenvalue weighted by molar-refractivity contribution is 6.36. The van der Waals surface area contributed by atoms with E-state index < -0.39 is 0 Å². The lowest BCUT2D eigenvalue weighted by molar-refractivity contribution is 0.102. The molecule has 0 aliphatic heterocycles. The Morgan fingerprint density at radius 2 is 2.04 bits per heavy atom. The molecule has 3 aromatic rings. The lowest BCUT2D eigenvalue weighted by Gasteiger charge is -2.09. The number of amides is 1. The van der Waals surface area contributed by atoms with Crippen molar-refractivity contribution in [3.05, 3.63) is 63.5 Å². The van der Waals surface area contributed by atoms with Crippen LogP contribution in [0.25, 0.3) is 5.65 Å². The summed E-state index contributed by atoms with van der Waals surface area (Å²) >= 11 is 12.0. The number of nitrogens with one attached hydrogen (secondary N) is 1. The molecule has 0 atom stereocenters. The number of halogens is 2. The van der Waals surface area contributed by atoms with Gasteiger partial charge in [0.1, 0.15) is 11.3 Å². The fourth-order valence-corrected chi connectivity index (χ4v) is 2.91. The number of benzene rings is 1. The monoisotopic (exact) mass is 347 g/mol. The van der Waals surface area contributed by atoms with Crippen LogP contribution in [0.1, 0.15) is 28.7 Å². The van der Waals surface area contributed by atoms with E-state index in [9.17, 15) is 4.79 Å². The van der Waals surface area contributed by atoms with Crippen LogP contribution >= 0.6 is 23.2 Å². The zero-order chi connectivity index (χ0) is 16.6. The second-order valence-corrected chi connectivity index (χ2v) is 6.12. The van der Waals surface area contributed by atoms with Crippen LogP contribution in [-0.4, -0.2) is 15.3 Å². The maximum Gasteiger partial charge on any atom is 0.274 e. The first-order valence-corrected chi connectivity index (χ1v) is 7.99. The number of anilines is 1. The molecule has 0 unspecified atom stereocenters. The van der Waals surface area contributed by atoms with Gasteiger partial charge in [0.2, 0.25) is 0 Å². The summed E-state index contributed by atoms with van der Waals surface area (Å²) in [7, 11) is 0. The number of carbonyl (C=O) groups is 1. The second-order valence-electron chi connectivity index (χ2n) is 5.27. The lowest BCUT2D eigenvalue weighted by atomic mass is 10.2. The largest absolute Gasteiger partial charge is 0.319 e. The van der Waals surface area contributed by atoms with Crippen molar-refractivity contribution in [1.29, 1.82) is 0 Å². The van der Waals surface area contributed by atoms with Gasteiger partial charge in [0.05, 0.1) is 16.4 Å². The van der Waals surface area contributed by atoms with Gasteiger partial charge in [-0.05, 0) is 43.2 Å². The number of rotatable bonds is 3. The van der Waals surface area contributed by atoms with Crippen LogP contribution in [0.5, 0.6) is 0 Å². The normalized spacial score (nSPS) is 11.0. The first kappa shape index (κ1) is 15.8. The molecular formula is C17H15Cl2N3O. The number of aryl methyl sites for hydroxylation is 2. The zero-order valence-electron chi connectivity index (χ0n) is 12.7. The predicted molar refractivity (Wildman–Crippen MR) is 93.7 cm³/mol. The Hall–Kier alpha value is -2.04. The maximum atomic E-state index is 12.8. The third-order valence-corrected chi connectivity index (χ3v) is 4.12. The molecule has 0 saturated heterocycles. The van der Waals surface area contributed by atoms with Gasteiger partial charge in [0, 0.05) is 11.2 Å². The molecule has 2 heterocycles. The molecule has 1 N–H and O–H groups in total. The SMILES string of the molecule is CCc1nc2ccc(C)cn2c1C(=O)Nc1ccc(Cl)cc1Cl. The molecule has 3 rings (SSSR count). The van der Waals surface area contributed by atoms with E-state index in [4.69, 9.17) is 23.2 Å². The van der Waals surface area contributed by atoms with Crippen LogP contribution in [0.2, 0.25) is 10.0 Å². The molecule has 0 saturated carbocycles.